The third-order valence-corrected chi connectivity index (χ3v) is 1.56. The van der Waals surface area contributed by atoms with Crippen LogP contribution in [0, 0.1) is 0 Å². The summed E-state index contributed by atoms with van der Waals surface area (Å²) in [5.41, 5.74) is 1.40. The summed E-state index contributed by atoms with van der Waals surface area (Å²) >= 11 is 0. The summed E-state index contributed by atoms with van der Waals surface area (Å²) < 4.78 is 0. The molecule has 0 atom stereocenters. The molecule has 64 valence electrons. The second-order valence-corrected chi connectivity index (χ2v) is 2.39. The van der Waals surface area contributed by atoms with Crippen molar-refractivity contribution in [3.63, 3.8) is 0 Å². The van der Waals surface area contributed by atoms with Gasteiger partial charge in [-0.05, 0) is 5.56 Å². The number of benzene rings is 1. The van der Waals surface area contributed by atoms with E-state index in [0.29, 0.717) is 5.56 Å². The predicted molar refractivity (Wildman–Crippen MR) is 51.1 cm³/mol. The third kappa shape index (κ3) is 2.55. The van der Waals surface area contributed by atoms with Gasteiger partial charge in [-0.1, -0.05) is 36.4 Å². The van der Waals surface area contributed by atoms with Gasteiger partial charge in [0.25, 0.3) is 0 Å². The first-order valence-corrected chi connectivity index (χ1v) is 3.80. The molecule has 0 amide bonds. The van der Waals surface area contributed by atoms with Crippen LogP contribution in [0.15, 0.2) is 36.4 Å². The van der Waals surface area contributed by atoms with Crippen molar-refractivity contribution in [1.82, 2.24) is 0 Å². The van der Waals surface area contributed by atoms with Gasteiger partial charge in [-0.2, -0.15) is 0 Å². The average Bonchev–Trinajstić information content (AvgIpc) is 2.19. The second-order valence-electron chi connectivity index (χ2n) is 2.39. The van der Waals surface area contributed by atoms with Crippen LogP contribution < -0.4 is 0 Å². The highest BCUT2D eigenvalue weighted by molar-refractivity contribution is 5.82. The van der Waals surface area contributed by atoms with E-state index in [4.69, 9.17) is 0 Å². The molecule has 1 rings (SSSR count). The Balaban J connectivity index is 2.99. The fourth-order valence-corrected chi connectivity index (χ4v) is 0.961. The molecule has 0 aromatic heterocycles. The van der Waals surface area contributed by atoms with Crippen LogP contribution in [-0.2, 0) is 4.79 Å². The molecule has 0 saturated heterocycles. The van der Waals surface area contributed by atoms with Crippen molar-refractivity contribution in [3.05, 3.63) is 47.5 Å². The summed E-state index contributed by atoms with van der Waals surface area (Å²) in [6, 6.07) is 7.14. The van der Waals surface area contributed by atoms with Crippen LogP contribution in [0.25, 0.3) is 6.08 Å². The molecule has 2 nitrogen and oxygen atoms in total. The number of hydrogen-bond acceptors (Lipinski definition) is 2. The lowest BCUT2D eigenvalue weighted by Gasteiger charge is -1.95. The molecule has 0 fully saturated rings. The van der Waals surface area contributed by atoms with Crippen LogP contribution in [-0.4, -0.2) is 12.2 Å². The Bertz CT molecular complexity index is 371. The lowest BCUT2D eigenvalue weighted by Crippen LogP contribution is -1.83. The van der Waals surface area contributed by atoms with Crippen LogP contribution in [0.1, 0.15) is 15.9 Å². The fourth-order valence-electron chi connectivity index (χ4n) is 0.961. The Hall–Kier alpha value is -1.92. The van der Waals surface area contributed by atoms with E-state index in [1.807, 2.05) is 6.07 Å². The highest BCUT2D eigenvalue weighted by Gasteiger charge is 1.93. The van der Waals surface area contributed by atoms with E-state index in [1.165, 1.54) is 6.08 Å². The van der Waals surface area contributed by atoms with Crippen LogP contribution >= 0.6 is 0 Å². The van der Waals surface area contributed by atoms with Crippen molar-refractivity contribution in [3.8, 4) is 0 Å². The van der Waals surface area contributed by atoms with E-state index in [-0.39, 0.29) is 0 Å². The zero-order valence-corrected chi connectivity index (χ0v) is 6.94. The first-order chi connectivity index (χ1) is 6.38. The molecule has 0 heterocycles. The molecule has 0 unspecified atom stereocenters. The largest absolute Gasteiger partial charge is 0.298 e. The summed E-state index contributed by atoms with van der Waals surface area (Å²) in [5, 5.41) is 0. The van der Waals surface area contributed by atoms with Crippen molar-refractivity contribution < 1.29 is 9.59 Å². The Kier molecular flexibility index (Phi) is 3.43. The number of carbonyl (C=O) groups is 1. The monoisotopic (exact) mass is 172 g/mol. The molecule has 0 N–H and O–H groups in total. The Morgan fingerprint density at radius 3 is 2.46 bits per heavy atom. The summed E-state index contributed by atoms with van der Waals surface area (Å²) in [5.74, 6) is 1.63. The van der Waals surface area contributed by atoms with Crippen LogP contribution in [0.2, 0.25) is 0 Å². The van der Waals surface area contributed by atoms with E-state index >= 15 is 0 Å². The predicted octanol–water partition coefficient (Wildman–Crippen LogP) is 1.90. The lowest BCUT2D eigenvalue weighted by molar-refractivity contribution is 0.112. The minimum Gasteiger partial charge on any atom is -0.298 e. The number of carbonyl (C=O) groups excluding carboxylic acids is 2. The lowest BCUT2D eigenvalue weighted by atomic mass is 10.1. The number of rotatable bonds is 3. The molecule has 2 heteroatoms. The smallest absolute Gasteiger partial charge is 0.150 e. The maximum absolute atomic E-state index is 10.5. The molecule has 0 radical (unpaired) electrons. The van der Waals surface area contributed by atoms with E-state index in [1.54, 1.807) is 36.3 Å². The second kappa shape index (κ2) is 4.86. The minimum absolute atomic E-state index is 0.609. The molecule has 1 aromatic rings. The molecule has 0 spiro atoms. The zero-order valence-electron chi connectivity index (χ0n) is 6.94. The molecule has 0 aliphatic carbocycles. The molecule has 0 saturated carbocycles. The van der Waals surface area contributed by atoms with Crippen LogP contribution in [0.3, 0.4) is 0 Å². The topological polar surface area (TPSA) is 34.1 Å². The van der Waals surface area contributed by atoms with Crippen LogP contribution in [0.5, 0.6) is 0 Å². The highest BCUT2D eigenvalue weighted by Crippen LogP contribution is 2.07. The van der Waals surface area contributed by atoms with Gasteiger partial charge in [-0.15, -0.1) is 0 Å². The van der Waals surface area contributed by atoms with Gasteiger partial charge in [0.1, 0.15) is 5.94 Å². The number of hydrogen-bond donors (Lipinski definition) is 0. The van der Waals surface area contributed by atoms with Crippen molar-refractivity contribution >= 4 is 18.3 Å². The molecule has 0 bridgehead atoms. The van der Waals surface area contributed by atoms with Gasteiger partial charge in [0.05, 0.1) is 0 Å². The third-order valence-electron chi connectivity index (χ3n) is 1.56. The van der Waals surface area contributed by atoms with Gasteiger partial charge in [0.2, 0.25) is 0 Å². The summed E-state index contributed by atoms with van der Waals surface area (Å²) in [7, 11) is 0. The quantitative estimate of drug-likeness (QED) is 0.396. The maximum atomic E-state index is 10.5. The Labute approximate surface area is 76.2 Å². The first-order valence-electron chi connectivity index (χ1n) is 3.80. The maximum Gasteiger partial charge on any atom is 0.150 e. The molecular formula is C11H8O2. The summed E-state index contributed by atoms with van der Waals surface area (Å²) in [6.45, 7) is 0. The molecule has 0 aliphatic heterocycles. The van der Waals surface area contributed by atoms with Crippen molar-refractivity contribution in [1.29, 1.82) is 0 Å². The number of allylic oxidation sites excluding steroid dienone is 2. The van der Waals surface area contributed by atoms with Gasteiger partial charge in [-0.25, -0.2) is 4.79 Å². The van der Waals surface area contributed by atoms with Gasteiger partial charge in [0.15, 0.2) is 6.29 Å². The van der Waals surface area contributed by atoms with Crippen molar-refractivity contribution in [2.24, 2.45) is 0 Å². The minimum atomic E-state index is 0.609. The van der Waals surface area contributed by atoms with E-state index < -0.39 is 0 Å². The standard InChI is InChI=1S/C11H8O2/c12-8-4-3-6-10-5-1-2-7-11(10)9-13/h1-7,9H/b6-3+. The van der Waals surface area contributed by atoms with Gasteiger partial charge >= 0.3 is 0 Å². The Morgan fingerprint density at radius 2 is 1.85 bits per heavy atom. The SMILES string of the molecule is O=C=C/C=C/c1ccccc1C=O. The molecule has 1 aromatic carbocycles. The highest BCUT2D eigenvalue weighted by atomic mass is 16.1. The van der Waals surface area contributed by atoms with Crippen molar-refractivity contribution in [2.75, 3.05) is 0 Å². The number of aldehydes is 1. The van der Waals surface area contributed by atoms with E-state index in [2.05, 4.69) is 0 Å². The van der Waals surface area contributed by atoms with Crippen LogP contribution in [0.4, 0.5) is 0 Å². The summed E-state index contributed by atoms with van der Waals surface area (Å²) in [4.78, 5) is 20.4. The molecule has 0 aliphatic rings. The Morgan fingerprint density at radius 1 is 1.15 bits per heavy atom. The van der Waals surface area contributed by atoms with Gasteiger partial charge in [0, 0.05) is 11.6 Å². The zero-order chi connectivity index (χ0) is 9.52. The molecule has 13 heavy (non-hydrogen) atoms. The first kappa shape index (κ1) is 9.17. The van der Waals surface area contributed by atoms with Gasteiger partial charge in [-0.3, -0.25) is 4.79 Å². The molecular weight excluding hydrogens is 164 g/mol. The van der Waals surface area contributed by atoms with E-state index in [9.17, 15) is 9.59 Å². The average molecular weight is 172 g/mol. The summed E-state index contributed by atoms with van der Waals surface area (Å²) in [6.07, 6.45) is 5.27. The van der Waals surface area contributed by atoms with E-state index in [0.717, 1.165) is 11.8 Å². The van der Waals surface area contributed by atoms with Crippen molar-refractivity contribution in [2.45, 2.75) is 0 Å². The normalized spacial score (nSPS) is 9.54. The fraction of sp³-hybridized carbons (Fsp3) is 0. The van der Waals surface area contributed by atoms with Gasteiger partial charge < -0.3 is 0 Å².